The Morgan fingerprint density at radius 3 is 2.80 bits per heavy atom. The molecule has 0 aliphatic rings. The fraction of sp³-hybridized carbons (Fsp3) is 0.200. The molecule has 152 valence electrons. The van der Waals surface area contributed by atoms with Gasteiger partial charge in [0.15, 0.2) is 0 Å². The van der Waals surface area contributed by atoms with E-state index in [4.69, 9.17) is 4.52 Å². The van der Waals surface area contributed by atoms with Crippen molar-refractivity contribution < 1.29 is 9.32 Å². The van der Waals surface area contributed by atoms with Gasteiger partial charge in [-0.25, -0.2) is 0 Å². The summed E-state index contributed by atoms with van der Waals surface area (Å²) in [6, 6.07) is 15.4. The van der Waals surface area contributed by atoms with E-state index in [0.717, 1.165) is 17.7 Å². The van der Waals surface area contributed by atoms with Crippen LogP contribution in [0.15, 0.2) is 58.2 Å². The van der Waals surface area contributed by atoms with Crippen molar-refractivity contribution in [2.24, 2.45) is 0 Å². The van der Waals surface area contributed by atoms with Gasteiger partial charge in [0.05, 0.1) is 11.4 Å². The SMILES string of the molecule is CCc1ccc(-c2noc(CSc3nnnn3-c3cccc(NC(C)=O)c3)n2)cc1. The number of carbonyl (C=O) groups excluding carboxylic acids is 1. The van der Waals surface area contributed by atoms with Crippen LogP contribution in [-0.2, 0) is 17.0 Å². The molecule has 1 amide bonds. The number of carbonyl (C=O) groups is 1. The Morgan fingerprint density at radius 2 is 2.03 bits per heavy atom. The highest BCUT2D eigenvalue weighted by atomic mass is 32.2. The molecule has 0 unspecified atom stereocenters. The first-order chi connectivity index (χ1) is 14.6. The van der Waals surface area contributed by atoms with Gasteiger partial charge in [-0.05, 0) is 40.6 Å². The molecule has 4 rings (SSSR count). The van der Waals surface area contributed by atoms with Crippen molar-refractivity contribution in [3.8, 4) is 17.1 Å². The number of aryl methyl sites for hydroxylation is 1. The standard InChI is InChI=1S/C20H19N7O2S/c1-3-14-7-9-15(10-8-14)19-22-18(29-24-19)12-30-20-23-25-26-27(20)17-6-4-5-16(11-17)21-13(2)28/h4-11H,3,12H2,1-2H3,(H,21,28). The quantitative estimate of drug-likeness (QED) is 0.451. The number of tetrazole rings is 1. The van der Waals surface area contributed by atoms with Crippen molar-refractivity contribution in [2.75, 3.05) is 5.32 Å². The summed E-state index contributed by atoms with van der Waals surface area (Å²) < 4.78 is 6.97. The molecule has 0 saturated heterocycles. The zero-order valence-corrected chi connectivity index (χ0v) is 17.3. The predicted molar refractivity (Wildman–Crippen MR) is 112 cm³/mol. The van der Waals surface area contributed by atoms with Crippen molar-refractivity contribution in [2.45, 2.75) is 31.2 Å². The number of hydrogen-bond donors (Lipinski definition) is 1. The Labute approximate surface area is 176 Å². The van der Waals surface area contributed by atoms with Crippen LogP contribution in [0.2, 0.25) is 0 Å². The van der Waals surface area contributed by atoms with Crippen LogP contribution >= 0.6 is 11.8 Å². The highest BCUT2D eigenvalue weighted by Gasteiger charge is 2.14. The van der Waals surface area contributed by atoms with Gasteiger partial charge in [-0.15, -0.1) is 5.10 Å². The van der Waals surface area contributed by atoms with Crippen LogP contribution in [0.3, 0.4) is 0 Å². The second kappa shape index (κ2) is 8.87. The number of aromatic nitrogens is 6. The first kappa shape index (κ1) is 19.8. The Hall–Kier alpha value is -3.53. The van der Waals surface area contributed by atoms with Gasteiger partial charge in [0.1, 0.15) is 0 Å². The lowest BCUT2D eigenvalue weighted by Gasteiger charge is -2.06. The molecule has 2 aromatic carbocycles. The van der Waals surface area contributed by atoms with Crippen molar-refractivity contribution >= 4 is 23.4 Å². The van der Waals surface area contributed by atoms with Gasteiger partial charge in [-0.1, -0.05) is 54.2 Å². The third kappa shape index (κ3) is 4.54. The van der Waals surface area contributed by atoms with E-state index < -0.39 is 0 Å². The topological polar surface area (TPSA) is 112 Å². The summed E-state index contributed by atoms with van der Waals surface area (Å²) in [6.45, 7) is 3.57. The van der Waals surface area contributed by atoms with Crippen LogP contribution in [0.5, 0.6) is 0 Å². The van der Waals surface area contributed by atoms with Gasteiger partial charge in [-0.2, -0.15) is 9.67 Å². The highest BCUT2D eigenvalue weighted by Crippen LogP contribution is 2.24. The Morgan fingerprint density at radius 1 is 1.20 bits per heavy atom. The lowest BCUT2D eigenvalue weighted by atomic mass is 10.1. The number of nitrogens with zero attached hydrogens (tertiary/aromatic N) is 6. The van der Waals surface area contributed by atoms with E-state index in [1.807, 2.05) is 24.3 Å². The van der Waals surface area contributed by atoms with Crippen LogP contribution < -0.4 is 5.32 Å². The molecule has 10 heteroatoms. The zero-order chi connectivity index (χ0) is 20.9. The minimum Gasteiger partial charge on any atom is -0.338 e. The molecule has 2 heterocycles. The number of thioether (sulfide) groups is 1. The van der Waals surface area contributed by atoms with Gasteiger partial charge in [0, 0.05) is 18.2 Å². The number of amides is 1. The molecular weight excluding hydrogens is 402 g/mol. The van der Waals surface area contributed by atoms with Crippen molar-refractivity contribution in [3.63, 3.8) is 0 Å². The van der Waals surface area contributed by atoms with Gasteiger partial charge in [0.25, 0.3) is 0 Å². The van der Waals surface area contributed by atoms with E-state index >= 15 is 0 Å². The van der Waals surface area contributed by atoms with E-state index in [-0.39, 0.29) is 5.91 Å². The lowest BCUT2D eigenvalue weighted by molar-refractivity contribution is -0.114. The number of rotatable bonds is 7. The average Bonchev–Trinajstić information content (AvgIpc) is 3.41. The van der Waals surface area contributed by atoms with E-state index in [1.165, 1.54) is 24.2 Å². The van der Waals surface area contributed by atoms with Crippen LogP contribution in [-0.4, -0.2) is 36.3 Å². The second-order valence-corrected chi connectivity index (χ2v) is 7.40. The van der Waals surface area contributed by atoms with Crippen LogP contribution in [0.4, 0.5) is 5.69 Å². The summed E-state index contributed by atoms with van der Waals surface area (Å²) in [7, 11) is 0. The minimum absolute atomic E-state index is 0.144. The molecule has 0 bridgehead atoms. The van der Waals surface area contributed by atoms with E-state index in [1.54, 1.807) is 16.8 Å². The monoisotopic (exact) mass is 421 g/mol. The maximum atomic E-state index is 11.3. The molecule has 30 heavy (non-hydrogen) atoms. The number of benzene rings is 2. The summed E-state index contributed by atoms with van der Waals surface area (Å²) in [5.74, 6) is 1.31. The largest absolute Gasteiger partial charge is 0.338 e. The fourth-order valence-corrected chi connectivity index (χ4v) is 3.52. The fourth-order valence-electron chi connectivity index (χ4n) is 2.80. The van der Waals surface area contributed by atoms with Crippen LogP contribution in [0.25, 0.3) is 17.1 Å². The Kier molecular flexibility index (Phi) is 5.84. The number of anilines is 1. The third-order valence-corrected chi connectivity index (χ3v) is 5.17. The lowest BCUT2D eigenvalue weighted by Crippen LogP contribution is -2.07. The molecule has 0 atom stereocenters. The third-order valence-electron chi connectivity index (χ3n) is 4.27. The summed E-state index contributed by atoms with van der Waals surface area (Å²) in [6.07, 6.45) is 0.983. The molecule has 0 aliphatic carbocycles. The smallest absolute Gasteiger partial charge is 0.237 e. The van der Waals surface area contributed by atoms with Crippen molar-refractivity contribution in [1.29, 1.82) is 0 Å². The highest BCUT2D eigenvalue weighted by molar-refractivity contribution is 7.98. The normalized spacial score (nSPS) is 10.9. The Bertz CT molecular complexity index is 1150. The van der Waals surface area contributed by atoms with Gasteiger partial charge >= 0.3 is 0 Å². The number of nitrogens with one attached hydrogen (secondary N) is 1. The molecule has 0 saturated carbocycles. The van der Waals surface area contributed by atoms with E-state index in [9.17, 15) is 4.79 Å². The maximum Gasteiger partial charge on any atom is 0.237 e. The maximum absolute atomic E-state index is 11.3. The number of hydrogen-bond acceptors (Lipinski definition) is 8. The summed E-state index contributed by atoms with van der Waals surface area (Å²) >= 11 is 1.38. The van der Waals surface area contributed by atoms with E-state index in [2.05, 4.69) is 50.0 Å². The molecule has 0 radical (unpaired) electrons. The van der Waals surface area contributed by atoms with Gasteiger partial charge < -0.3 is 9.84 Å². The molecule has 1 N–H and O–H groups in total. The second-order valence-electron chi connectivity index (χ2n) is 6.46. The van der Waals surface area contributed by atoms with E-state index in [0.29, 0.717) is 28.3 Å². The van der Waals surface area contributed by atoms with Gasteiger partial charge in [0.2, 0.25) is 22.8 Å². The molecule has 4 aromatic rings. The first-order valence-electron chi connectivity index (χ1n) is 9.33. The summed E-state index contributed by atoms with van der Waals surface area (Å²) in [4.78, 5) is 15.7. The predicted octanol–water partition coefficient (Wildman–Crippen LogP) is 3.53. The van der Waals surface area contributed by atoms with Crippen LogP contribution in [0.1, 0.15) is 25.3 Å². The summed E-state index contributed by atoms with van der Waals surface area (Å²) in [5.41, 5.74) is 3.57. The molecule has 0 spiro atoms. The molecule has 0 fully saturated rings. The zero-order valence-electron chi connectivity index (χ0n) is 16.4. The van der Waals surface area contributed by atoms with Crippen molar-refractivity contribution in [1.82, 2.24) is 30.3 Å². The minimum atomic E-state index is -0.144. The molecule has 9 nitrogen and oxygen atoms in total. The average molecular weight is 421 g/mol. The summed E-state index contributed by atoms with van der Waals surface area (Å²) in [5, 5.41) is 19.3. The molecular formula is C20H19N7O2S. The van der Waals surface area contributed by atoms with Crippen molar-refractivity contribution in [3.05, 3.63) is 60.0 Å². The molecule has 0 aliphatic heterocycles. The van der Waals surface area contributed by atoms with Gasteiger partial charge in [-0.3, -0.25) is 4.79 Å². The van der Waals surface area contributed by atoms with Crippen LogP contribution in [0, 0.1) is 0 Å². The first-order valence-corrected chi connectivity index (χ1v) is 10.3. The molecule has 2 aromatic heterocycles. The Balaban J connectivity index is 1.46.